The number of nitrogens with zero attached hydrogens (tertiary/aromatic N) is 1. The molecular formula is C14H11BrClN3O2. The Morgan fingerprint density at radius 3 is 2.95 bits per heavy atom. The van der Waals surface area contributed by atoms with Crippen molar-refractivity contribution in [2.75, 3.05) is 6.61 Å². The molecule has 0 bridgehead atoms. The normalized spacial score (nSPS) is 11.0. The fourth-order valence-electron chi connectivity index (χ4n) is 2.19. The lowest BCUT2D eigenvalue weighted by molar-refractivity contribution is 0.0521. The van der Waals surface area contributed by atoms with Gasteiger partial charge in [-0.1, -0.05) is 11.6 Å². The highest BCUT2D eigenvalue weighted by Gasteiger charge is 2.22. The van der Waals surface area contributed by atoms with Gasteiger partial charge < -0.3 is 14.7 Å². The molecule has 108 valence electrons. The van der Waals surface area contributed by atoms with E-state index in [1.54, 1.807) is 25.4 Å². The number of aromatic nitrogens is 3. The minimum atomic E-state index is -0.424. The Morgan fingerprint density at radius 2 is 2.29 bits per heavy atom. The van der Waals surface area contributed by atoms with Crippen LogP contribution in [0.15, 0.2) is 29.0 Å². The first-order chi connectivity index (χ1) is 10.1. The van der Waals surface area contributed by atoms with Gasteiger partial charge in [-0.25, -0.2) is 9.78 Å². The van der Waals surface area contributed by atoms with E-state index in [2.05, 4.69) is 30.9 Å². The van der Waals surface area contributed by atoms with Crippen LogP contribution in [0.5, 0.6) is 0 Å². The maximum absolute atomic E-state index is 12.2. The third-order valence-electron chi connectivity index (χ3n) is 3.05. The Labute approximate surface area is 133 Å². The summed E-state index contributed by atoms with van der Waals surface area (Å²) >= 11 is 9.54. The number of benzene rings is 1. The van der Waals surface area contributed by atoms with Crippen LogP contribution in [-0.4, -0.2) is 27.5 Å². The number of hydrogen-bond donors (Lipinski definition) is 2. The van der Waals surface area contributed by atoms with Crippen molar-refractivity contribution in [2.24, 2.45) is 0 Å². The second kappa shape index (κ2) is 5.54. The molecule has 3 rings (SSSR count). The summed E-state index contributed by atoms with van der Waals surface area (Å²) in [5.41, 5.74) is 1.79. The number of ether oxygens (including phenoxy) is 1. The molecule has 0 aliphatic heterocycles. The lowest BCUT2D eigenvalue weighted by atomic mass is 10.1. The van der Waals surface area contributed by atoms with Crippen molar-refractivity contribution in [1.29, 1.82) is 0 Å². The van der Waals surface area contributed by atoms with Gasteiger partial charge in [0.1, 0.15) is 11.5 Å². The van der Waals surface area contributed by atoms with Crippen molar-refractivity contribution in [1.82, 2.24) is 15.0 Å². The van der Waals surface area contributed by atoms with Gasteiger partial charge in [-0.2, -0.15) is 0 Å². The number of carbonyl (C=O) groups excluding carboxylic acids is 1. The van der Waals surface area contributed by atoms with Gasteiger partial charge in [0, 0.05) is 27.8 Å². The van der Waals surface area contributed by atoms with Crippen molar-refractivity contribution in [2.45, 2.75) is 6.92 Å². The van der Waals surface area contributed by atoms with Crippen molar-refractivity contribution < 1.29 is 9.53 Å². The third kappa shape index (κ3) is 2.45. The van der Waals surface area contributed by atoms with E-state index in [9.17, 15) is 4.79 Å². The summed E-state index contributed by atoms with van der Waals surface area (Å²) < 4.78 is 5.85. The van der Waals surface area contributed by atoms with E-state index in [1.807, 2.05) is 6.07 Å². The molecule has 0 saturated carbocycles. The van der Waals surface area contributed by atoms with E-state index >= 15 is 0 Å². The maximum atomic E-state index is 12.2. The van der Waals surface area contributed by atoms with Crippen molar-refractivity contribution >= 4 is 44.4 Å². The fourth-order valence-corrected chi connectivity index (χ4v) is 2.70. The van der Waals surface area contributed by atoms with Crippen LogP contribution < -0.4 is 0 Å². The zero-order chi connectivity index (χ0) is 15.0. The monoisotopic (exact) mass is 367 g/mol. The summed E-state index contributed by atoms with van der Waals surface area (Å²) in [7, 11) is 0. The number of imidazole rings is 1. The molecule has 7 heteroatoms. The van der Waals surface area contributed by atoms with Crippen LogP contribution >= 0.6 is 27.5 Å². The summed E-state index contributed by atoms with van der Waals surface area (Å²) in [6.45, 7) is 2.07. The molecule has 21 heavy (non-hydrogen) atoms. The molecule has 0 radical (unpaired) electrons. The number of esters is 1. The van der Waals surface area contributed by atoms with E-state index in [0.29, 0.717) is 28.7 Å². The van der Waals surface area contributed by atoms with E-state index in [4.69, 9.17) is 16.3 Å². The Morgan fingerprint density at radius 1 is 1.48 bits per heavy atom. The lowest BCUT2D eigenvalue weighted by Gasteiger charge is -2.02. The number of carbonyl (C=O) groups is 1. The highest BCUT2D eigenvalue weighted by molar-refractivity contribution is 9.10. The molecule has 0 aliphatic rings. The van der Waals surface area contributed by atoms with E-state index in [1.165, 1.54) is 0 Å². The maximum Gasteiger partial charge on any atom is 0.355 e. The van der Waals surface area contributed by atoms with Crippen LogP contribution in [0.3, 0.4) is 0 Å². The molecule has 2 aromatic heterocycles. The van der Waals surface area contributed by atoms with Gasteiger partial charge in [-0.15, -0.1) is 0 Å². The first kappa shape index (κ1) is 14.2. The average Bonchev–Trinajstić information content (AvgIpc) is 3.06. The van der Waals surface area contributed by atoms with E-state index < -0.39 is 5.97 Å². The molecule has 0 unspecified atom stereocenters. The van der Waals surface area contributed by atoms with Gasteiger partial charge in [-0.3, -0.25) is 0 Å². The Hall–Kier alpha value is -1.79. The smallest absolute Gasteiger partial charge is 0.355 e. The Balaban J connectivity index is 2.31. The molecule has 0 aliphatic carbocycles. The van der Waals surface area contributed by atoms with Crippen LogP contribution in [0.4, 0.5) is 0 Å². The third-order valence-corrected chi connectivity index (χ3v) is 4.25. The van der Waals surface area contributed by atoms with Crippen molar-refractivity contribution in [3.63, 3.8) is 0 Å². The predicted octanol–water partition coefficient (Wildman–Crippen LogP) is 4.15. The van der Waals surface area contributed by atoms with Gasteiger partial charge in [0.15, 0.2) is 0 Å². The van der Waals surface area contributed by atoms with Gasteiger partial charge in [0.2, 0.25) is 0 Å². The van der Waals surface area contributed by atoms with Crippen LogP contribution in [0.1, 0.15) is 17.4 Å². The zero-order valence-corrected chi connectivity index (χ0v) is 13.4. The standard InChI is InChI=1S/C14H11BrClN3O2/c1-2-21-14(20)12-11(13-17-3-4-18-13)7-5-9(16)8(15)6-10(7)19-12/h3-6,19H,2H2,1H3,(H,17,18). The SMILES string of the molecule is CCOC(=O)c1[nH]c2cc(Br)c(Cl)cc2c1-c1ncc[nH]1. The van der Waals surface area contributed by atoms with Crippen LogP contribution in [-0.2, 0) is 4.74 Å². The van der Waals surface area contributed by atoms with Gasteiger partial charge in [0.05, 0.1) is 17.2 Å². The highest BCUT2D eigenvalue weighted by atomic mass is 79.9. The quantitative estimate of drug-likeness (QED) is 0.682. The summed E-state index contributed by atoms with van der Waals surface area (Å²) in [4.78, 5) is 22.5. The Bertz CT molecular complexity index is 811. The topological polar surface area (TPSA) is 70.8 Å². The van der Waals surface area contributed by atoms with Crippen molar-refractivity contribution in [3.8, 4) is 11.4 Å². The second-order valence-corrected chi connectivity index (χ2v) is 5.61. The van der Waals surface area contributed by atoms with Crippen LogP contribution in [0, 0.1) is 0 Å². The summed E-state index contributed by atoms with van der Waals surface area (Å²) in [5, 5.41) is 1.37. The highest BCUT2D eigenvalue weighted by Crippen LogP contribution is 2.35. The van der Waals surface area contributed by atoms with Gasteiger partial charge in [0.25, 0.3) is 0 Å². The minimum Gasteiger partial charge on any atom is -0.461 e. The van der Waals surface area contributed by atoms with E-state index in [0.717, 1.165) is 15.4 Å². The summed E-state index contributed by atoms with van der Waals surface area (Å²) in [6, 6.07) is 3.62. The molecule has 0 amide bonds. The van der Waals surface area contributed by atoms with Gasteiger partial charge >= 0.3 is 5.97 Å². The number of hydrogen-bond acceptors (Lipinski definition) is 3. The molecule has 0 saturated heterocycles. The first-order valence-electron chi connectivity index (χ1n) is 6.29. The molecule has 0 spiro atoms. The molecule has 2 N–H and O–H groups in total. The van der Waals surface area contributed by atoms with Crippen molar-refractivity contribution in [3.05, 3.63) is 39.7 Å². The van der Waals surface area contributed by atoms with Crippen LogP contribution in [0.2, 0.25) is 5.02 Å². The number of halogens is 2. The summed E-state index contributed by atoms with van der Waals surface area (Å²) in [5.74, 6) is 0.162. The zero-order valence-electron chi connectivity index (χ0n) is 11.0. The first-order valence-corrected chi connectivity index (χ1v) is 7.46. The number of nitrogens with one attached hydrogen (secondary N) is 2. The van der Waals surface area contributed by atoms with Gasteiger partial charge in [-0.05, 0) is 35.0 Å². The fraction of sp³-hybridized carbons (Fsp3) is 0.143. The molecule has 1 aromatic carbocycles. The number of fused-ring (bicyclic) bond motifs is 1. The predicted molar refractivity (Wildman–Crippen MR) is 84.5 cm³/mol. The number of aromatic amines is 2. The lowest BCUT2D eigenvalue weighted by Crippen LogP contribution is -2.06. The Kier molecular flexibility index (Phi) is 3.73. The molecule has 5 nitrogen and oxygen atoms in total. The molecule has 0 fully saturated rings. The summed E-state index contributed by atoms with van der Waals surface area (Å²) in [6.07, 6.45) is 3.33. The van der Waals surface area contributed by atoms with E-state index in [-0.39, 0.29) is 0 Å². The largest absolute Gasteiger partial charge is 0.461 e. The molecule has 0 atom stereocenters. The molecular weight excluding hydrogens is 358 g/mol. The second-order valence-electron chi connectivity index (χ2n) is 4.35. The molecule has 3 aromatic rings. The molecule has 2 heterocycles. The number of rotatable bonds is 3. The minimum absolute atomic E-state index is 0.302. The average molecular weight is 369 g/mol. The number of H-pyrrole nitrogens is 2. The van der Waals surface area contributed by atoms with Crippen LogP contribution in [0.25, 0.3) is 22.3 Å².